The second-order valence-corrected chi connectivity index (χ2v) is 3.37. The largest absolute Gasteiger partial charge is 0.478 e. The number of carboxylic acids is 1. The van der Waals surface area contributed by atoms with Crippen LogP contribution in [0, 0.1) is 0 Å². The summed E-state index contributed by atoms with van der Waals surface area (Å²) < 4.78 is 20.1. The average Bonchev–Trinajstić information content (AvgIpc) is 2.38. The lowest BCUT2D eigenvalue weighted by molar-refractivity contribution is -0.385. The standard InChI is InChI=1S/C11H12O6/c12-10(13)9-3-1-8(2-4-9)5-15-11-16-6-14-7-17-11/h1-4,11H,5-7H2,(H,12,13). The third kappa shape index (κ3) is 3.50. The highest BCUT2D eigenvalue weighted by Gasteiger charge is 2.14. The van der Waals surface area contributed by atoms with Gasteiger partial charge in [-0.3, -0.25) is 0 Å². The fraction of sp³-hybridized carbons (Fsp3) is 0.364. The number of hydrogen-bond acceptors (Lipinski definition) is 5. The molecule has 0 saturated carbocycles. The van der Waals surface area contributed by atoms with Crippen molar-refractivity contribution in [3.63, 3.8) is 0 Å². The van der Waals surface area contributed by atoms with Gasteiger partial charge in [-0.05, 0) is 17.7 Å². The monoisotopic (exact) mass is 240 g/mol. The van der Waals surface area contributed by atoms with E-state index in [-0.39, 0.29) is 25.8 Å². The summed E-state index contributed by atoms with van der Waals surface area (Å²) in [6, 6.07) is 6.41. The third-order valence-corrected chi connectivity index (χ3v) is 2.16. The molecule has 6 nitrogen and oxygen atoms in total. The number of aromatic carboxylic acids is 1. The number of rotatable bonds is 4. The van der Waals surface area contributed by atoms with Crippen molar-refractivity contribution in [2.45, 2.75) is 13.1 Å². The smallest absolute Gasteiger partial charge is 0.335 e. The van der Waals surface area contributed by atoms with E-state index < -0.39 is 12.4 Å². The summed E-state index contributed by atoms with van der Waals surface area (Å²) in [5, 5.41) is 8.72. The summed E-state index contributed by atoms with van der Waals surface area (Å²) in [5.74, 6) is -0.950. The third-order valence-electron chi connectivity index (χ3n) is 2.16. The molecule has 0 bridgehead atoms. The van der Waals surface area contributed by atoms with E-state index in [1.807, 2.05) is 0 Å². The number of ether oxygens (including phenoxy) is 4. The molecule has 0 radical (unpaired) electrons. The minimum Gasteiger partial charge on any atom is -0.478 e. The highest BCUT2D eigenvalue weighted by Crippen LogP contribution is 2.10. The van der Waals surface area contributed by atoms with E-state index in [9.17, 15) is 4.79 Å². The Balaban J connectivity index is 1.84. The van der Waals surface area contributed by atoms with Gasteiger partial charge in [0.2, 0.25) is 0 Å². The van der Waals surface area contributed by atoms with E-state index in [1.54, 1.807) is 12.1 Å². The van der Waals surface area contributed by atoms with Gasteiger partial charge in [0.05, 0.1) is 12.2 Å². The maximum atomic E-state index is 10.6. The Hall–Kier alpha value is -1.47. The summed E-state index contributed by atoms with van der Waals surface area (Å²) >= 11 is 0. The molecular formula is C11H12O6. The first-order valence-electron chi connectivity index (χ1n) is 5.00. The van der Waals surface area contributed by atoms with Crippen LogP contribution in [-0.4, -0.2) is 31.1 Å². The van der Waals surface area contributed by atoms with Crippen LogP contribution < -0.4 is 0 Å². The molecule has 6 heteroatoms. The number of benzene rings is 1. The number of carbonyl (C=O) groups is 1. The van der Waals surface area contributed by atoms with Crippen molar-refractivity contribution in [2.75, 3.05) is 13.6 Å². The maximum Gasteiger partial charge on any atom is 0.335 e. The van der Waals surface area contributed by atoms with Crippen LogP contribution in [0.2, 0.25) is 0 Å². The average molecular weight is 240 g/mol. The van der Waals surface area contributed by atoms with Gasteiger partial charge in [-0.2, -0.15) is 0 Å². The van der Waals surface area contributed by atoms with Crippen LogP contribution in [0.15, 0.2) is 24.3 Å². The van der Waals surface area contributed by atoms with Crippen molar-refractivity contribution in [1.29, 1.82) is 0 Å². The molecule has 0 aliphatic carbocycles. The zero-order valence-electron chi connectivity index (χ0n) is 9.00. The van der Waals surface area contributed by atoms with E-state index in [0.717, 1.165) is 5.56 Å². The van der Waals surface area contributed by atoms with E-state index in [4.69, 9.17) is 24.1 Å². The lowest BCUT2D eigenvalue weighted by Crippen LogP contribution is -2.28. The molecule has 0 aromatic heterocycles. The molecule has 1 aliphatic heterocycles. The molecule has 17 heavy (non-hydrogen) atoms. The van der Waals surface area contributed by atoms with Gasteiger partial charge in [-0.25, -0.2) is 4.79 Å². The fourth-order valence-electron chi connectivity index (χ4n) is 1.29. The van der Waals surface area contributed by atoms with Crippen molar-refractivity contribution >= 4 is 5.97 Å². The molecule has 1 fully saturated rings. The Morgan fingerprint density at radius 2 is 1.94 bits per heavy atom. The van der Waals surface area contributed by atoms with Crippen molar-refractivity contribution in [2.24, 2.45) is 0 Å². The summed E-state index contributed by atoms with van der Waals surface area (Å²) in [5.41, 5.74) is 1.08. The van der Waals surface area contributed by atoms with Crippen LogP contribution in [0.4, 0.5) is 0 Å². The molecule has 1 saturated heterocycles. The SMILES string of the molecule is O=C(O)c1ccc(COC2OCOCO2)cc1. The zero-order valence-corrected chi connectivity index (χ0v) is 9.00. The normalized spacial score (nSPS) is 16.9. The van der Waals surface area contributed by atoms with Crippen LogP contribution in [0.3, 0.4) is 0 Å². The van der Waals surface area contributed by atoms with Gasteiger partial charge in [-0.15, -0.1) is 0 Å². The Morgan fingerprint density at radius 3 is 2.53 bits per heavy atom. The molecule has 92 valence electrons. The van der Waals surface area contributed by atoms with Gasteiger partial charge in [0.15, 0.2) is 13.6 Å². The van der Waals surface area contributed by atoms with E-state index in [0.29, 0.717) is 0 Å². The second kappa shape index (κ2) is 5.74. The Kier molecular flexibility index (Phi) is 4.05. The maximum absolute atomic E-state index is 10.6. The Bertz CT molecular complexity index is 368. The predicted octanol–water partition coefficient (Wildman–Crippen LogP) is 1.16. The molecule has 0 spiro atoms. The molecule has 0 amide bonds. The molecular weight excluding hydrogens is 228 g/mol. The zero-order chi connectivity index (χ0) is 12.1. The molecule has 0 atom stereocenters. The quantitative estimate of drug-likeness (QED) is 0.851. The van der Waals surface area contributed by atoms with Crippen LogP contribution in [0.25, 0.3) is 0 Å². The number of carboxylic acid groups (broad SMARTS) is 1. The lowest BCUT2D eigenvalue weighted by atomic mass is 10.1. The number of hydrogen-bond donors (Lipinski definition) is 1. The minimum absolute atomic E-state index is 0.141. The summed E-state index contributed by atoms with van der Waals surface area (Å²) in [4.78, 5) is 10.6. The molecule has 2 rings (SSSR count). The first-order chi connectivity index (χ1) is 8.25. The Morgan fingerprint density at radius 1 is 1.29 bits per heavy atom. The molecule has 1 aromatic rings. The second-order valence-electron chi connectivity index (χ2n) is 3.37. The Labute approximate surface area is 97.7 Å². The van der Waals surface area contributed by atoms with Gasteiger partial charge >= 0.3 is 5.97 Å². The molecule has 1 aliphatic rings. The minimum atomic E-state index is -0.950. The fourth-order valence-corrected chi connectivity index (χ4v) is 1.29. The first kappa shape index (κ1) is 12.0. The lowest BCUT2D eigenvalue weighted by Gasteiger charge is -2.22. The summed E-state index contributed by atoms with van der Waals surface area (Å²) in [6.45, 7) is -0.168. The van der Waals surface area contributed by atoms with Crippen LogP contribution >= 0.6 is 0 Å². The van der Waals surface area contributed by atoms with Gasteiger partial charge in [0.25, 0.3) is 6.48 Å². The van der Waals surface area contributed by atoms with Gasteiger partial charge in [0, 0.05) is 0 Å². The molecule has 1 heterocycles. The molecule has 1 N–H and O–H groups in total. The van der Waals surface area contributed by atoms with Crippen molar-refractivity contribution < 1.29 is 28.8 Å². The first-order valence-corrected chi connectivity index (χ1v) is 5.00. The summed E-state index contributed by atoms with van der Waals surface area (Å²) in [6.07, 6.45) is 0. The van der Waals surface area contributed by atoms with E-state index in [1.165, 1.54) is 12.1 Å². The van der Waals surface area contributed by atoms with Crippen molar-refractivity contribution in [3.8, 4) is 0 Å². The molecule has 1 aromatic carbocycles. The topological polar surface area (TPSA) is 74.2 Å². The van der Waals surface area contributed by atoms with E-state index >= 15 is 0 Å². The highest BCUT2D eigenvalue weighted by molar-refractivity contribution is 5.87. The van der Waals surface area contributed by atoms with Crippen LogP contribution in [-0.2, 0) is 25.6 Å². The summed E-state index contributed by atoms with van der Waals surface area (Å²) in [7, 11) is 0. The van der Waals surface area contributed by atoms with Gasteiger partial charge in [0.1, 0.15) is 0 Å². The van der Waals surface area contributed by atoms with E-state index in [2.05, 4.69) is 0 Å². The van der Waals surface area contributed by atoms with Crippen molar-refractivity contribution in [1.82, 2.24) is 0 Å². The van der Waals surface area contributed by atoms with Crippen molar-refractivity contribution in [3.05, 3.63) is 35.4 Å². The van der Waals surface area contributed by atoms with Crippen LogP contribution in [0.1, 0.15) is 15.9 Å². The predicted molar refractivity (Wildman–Crippen MR) is 55.0 cm³/mol. The molecule has 0 unspecified atom stereocenters. The van der Waals surface area contributed by atoms with Gasteiger partial charge in [-0.1, -0.05) is 12.1 Å². The van der Waals surface area contributed by atoms with Crippen LogP contribution in [0.5, 0.6) is 0 Å². The van der Waals surface area contributed by atoms with Gasteiger partial charge < -0.3 is 24.1 Å². The highest BCUT2D eigenvalue weighted by atomic mass is 16.9.